The van der Waals surface area contributed by atoms with E-state index < -0.39 is 29.6 Å². The molecule has 0 aliphatic heterocycles. The van der Waals surface area contributed by atoms with E-state index in [4.69, 9.17) is 0 Å². The van der Waals surface area contributed by atoms with Crippen LogP contribution in [0, 0.1) is 5.92 Å². The number of nitrogens with zero attached hydrogens (tertiary/aromatic N) is 1. The van der Waals surface area contributed by atoms with Crippen molar-refractivity contribution >= 4 is 11.9 Å². The van der Waals surface area contributed by atoms with Gasteiger partial charge in [0.15, 0.2) is 0 Å². The summed E-state index contributed by atoms with van der Waals surface area (Å²) < 4.78 is 4.66. The van der Waals surface area contributed by atoms with Gasteiger partial charge in [-0.1, -0.05) is 61.5 Å². The zero-order chi connectivity index (χ0) is 20.8. The summed E-state index contributed by atoms with van der Waals surface area (Å²) in [6, 6.07) is 17.3. The quantitative estimate of drug-likeness (QED) is 0.538. The summed E-state index contributed by atoms with van der Waals surface area (Å²) in [4.78, 5) is 34.6. The van der Waals surface area contributed by atoms with Gasteiger partial charge in [-0.25, -0.2) is 9.89 Å². The second-order valence-corrected chi connectivity index (χ2v) is 6.83. The van der Waals surface area contributed by atoms with Crippen molar-refractivity contribution in [2.24, 2.45) is 5.92 Å². The Morgan fingerprint density at radius 2 is 1.76 bits per heavy atom. The summed E-state index contributed by atoms with van der Waals surface area (Å²) in [7, 11) is 0. The maximum Gasteiger partial charge on any atom is 0.434 e. The summed E-state index contributed by atoms with van der Waals surface area (Å²) in [6.07, 6.45) is 0.642. The minimum Gasteiger partial charge on any atom is -0.481 e. The third-order valence-corrected chi connectivity index (χ3v) is 4.57. The van der Waals surface area contributed by atoms with Gasteiger partial charge in [0, 0.05) is 6.04 Å². The summed E-state index contributed by atoms with van der Waals surface area (Å²) >= 11 is 0. The van der Waals surface area contributed by atoms with Crippen LogP contribution in [0.2, 0.25) is 0 Å². The van der Waals surface area contributed by atoms with E-state index in [2.05, 4.69) is 14.8 Å². The molecule has 0 spiro atoms. The van der Waals surface area contributed by atoms with Gasteiger partial charge >= 0.3 is 23.5 Å². The van der Waals surface area contributed by atoms with Crippen molar-refractivity contribution < 1.29 is 19.1 Å². The number of hydrogen-bond donors (Lipinski definition) is 3. The molecule has 0 saturated carbocycles. The molecule has 0 radical (unpaired) electrons. The van der Waals surface area contributed by atoms with Crippen LogP contribution in [0.3, 0.4) is 0 Å². The van der Waals surface area contributed by atoms with Crippen molar-refractivity contribution in [3.05, 3.63) is 76.6 Å². The van der Waals surface area contributed by atoms with Gasteiger partial charge in [0.05, 0.1) is 5.92 Å². The van der Waals surface area contributed by atoms with Crippen molar-refractivity contribution in [1.29, 1.82) is 0 Å². The Kier molecular flexibility index (Phi) is 6.23. The molecule has 150 valence electrons. The van der Waals surface area contributed by atoms with Crippen LogP contribution in [0.15, 0.2) is 63.8 Å². The minimum atomic E-state index is -0.949. The monoisotopic (exact) mass is 395 g/mol. The number of carboxylic acid groups (broad SMARTS) is 1. The Morgan fingerprint density at radius 1 is 1.10 bits per heavy atom. The van der Waals surface area contributed by atoms with Gasteiger partial charge in [-0.3, -0.25) is 9.59 Å². The lowest BCUT2D eigenvalue weighted by Gasteiger charge is -2.20. The number of aromatic amines is 1. The second-order valence-electron chi connectivity index (χ2n) is 6.83. The zero-order valence-electron chi connectivity index (χ0n) is 15.8. The van der Waals surface area contributed by atoms with E-state index in [0.29, 0.717) is 6.42 Å². The number of aliphatic carboxylic acids is 1. The number of amides is 1. The summed E-state index contributed by atoms with van der Waals surface area (Å²) in [5, 5.41) is 17.5. The molecule has 0 fully saturated rings. The molecular weight excluding hydrogens is 374 g/mol. The van der Waals surface area contributed by atoms with Crippen molar-refractivity contribution in [3.63, 3.8) is 0 Å². The zero-order valence-corrected chi connectivity index (χ0v) is 15.8. The minimum absolute atomic E-state index is 0.218. The highest BCUT2D eigenvalue weighted by atomic mass is 16.4. The maximum absolute atomic E-state index is 12.3. The van der Waals surface area contributed by atoms with Gasteiger partial charge in [-0.05, 0) is 29.5 Å². The smallest absolute Gasteiger partial charge is 0.434 e. The van der Waals surface area contributed by atoms with Crippen LogP contribution in [0.1, 0.15) is 29.6 Å². The molecule has 2 atom stereocenters. The number of carbonyl (C=O) groups excluding carboxylic acids is 1. The molecule has 0 aliphatic rings. The maximum atomic E-state index is 12.3. The first-order chi connectivity index (χ1) is 13.9. The molecular formula is C21H21N3O5. The molecule has 0 unspecified atom stereocenters. The number of carbonyl (C=O) groups is 2. The number of nitrogens with one attached hydrogen (secondary N) is 2. The van der Waals surface area contributed by atoms with Gasteiger partial charge in [0.25, 0.3) is 0 Å². The molecule has 29 heavy (non-hydrogen) atoms. The molecule has 1 amide bonds. The van der Waals surface area contributed by atoms with Crippen LogP contribution >= 0.6 is 0 Å². The molecule has 2 aromatic carbocycles. The van der Waals surface area contributed by atoms with E-state index in [1.165, 1.54) is 0 Å². The number of carboxylic acids is 1. The van der Waals surface area contributed by atoms with E-state index in [1.54, 1.807) is 6.92 Å². The number of H-pyrrole nitrogens is 1. The lowest BCUT2D eigenvalue weighted by atomic mass is 9.95. The highest BCUT2D eigenvalue weighted by Gasteiger charge is 2.23. The first-order valence-corrected chi connectivity index (χ1v) is 9.16. The molecule has 0 aliphatic carbocycles. The van der Waals surface area contributed by atoms with Crippen LogP contribution in [0.5, 0.6) is 0 Å². The molecule has 0 bridgehead atoms. The number of rotatable bonds is 8. The highest BCUT2D eigenvalue weighted by molar-refractivity contribution is 5.89. The molecule has 8 heteroatoms. The van der Waals surface area contributed by atoms with Crippen LogP contribution in [0.25, 0.3) is 11.1 Å². The molecule has 8 nitrogen and oxygen atoms in total. The summed E-state index contributed by atoms with van der Waals surface area (Å²) in [5.74, 6) is -3.50. The molecule has 3 aromatic rings. The van der Waals surface area contributed by atoms with Crippen molar-refractivity contribution in [1.82, 2.24) is 15.5 Å². The Hall–Kier alpha value is -3.68. The van der Waals surface area contributed by atoms with E-state index in [0.717, 1.165) is 16.7 Å². The topological polar surface area (TPSA) is 125 Å². The third-order valence-electron chi connectivity index (χ3n) is 4.57. The number of aromatic nitrogens is 2. The lowest BCUT2D eigenvalue weighted by Crippen LogP contribution is -2.38. The Balaban J connectivity index is 1.74. The molecule has 1 aromatic heterocycles. The van der Waals surface area contributed by atoms with Crippen LogP contribution < -0.4 is 11.1 Å². The lowest BCUT2D eigenvalue weighted by molar-refractivity contribution is -0.141. The standard InChI is InChI=1S/C21H21N3O5/c1-13(20(26)27)11-17(22-18(25)19-23-24-21(28)29-19)12-14-7-9-16(10-8-14)15-5-3-2-4-6-15/h2-10,13,17H,11-12H2,1H3,(H,22,25)(H,24,28)(H,26,27)/t13-,17+/m1/s1. The number of benzene rings is 2. The molecule has 3 N–H and O–H groups in total. The second kappa shape index (κ2) is 9.01. The van der Waals surface area contributed by atoms with Gasteiger partial charge < -0.3 is 14.8 Å². The number of hydrogen-bond acceptors (Lipinski definition) is 5. The van der Waals surface area contributed by atoms with Gasteiger partial charge in [0.2, 0.25) is 0 Å². The van der Waals surface area contributed by atoms with Crippen LogP contribution in [-0.4, -0.2) is 33.2 Å². The van der Waals surface area contributed by atoms with E-state index >= 15 is 0 Å². The summed E-state index contributed by atoms with van der Waals surface area (Å²) in [6.45, 7) is 1.58. The SMILES string of the molecule is C[C@H](C[C@@H](Cc1ccc(-c2ccccc2)cc1)NC(=O)c1n[nH]c(=O)o1)C(=O)O. The average molecular weight is 395 g/mol. The molecule has 1 heterocycles. The fourth-order valence-electron chi connectivity index (χ4n) is 3.04. The Labute approximate surface area is 166 Å². The average Bonchev–Trinajstić information content (AvgIpc) is 3.15. The van der Waals surface area contributed by atoms with Crippen molar-refractivity contribution in [2.45, 2.75) is 25.8 Å². The fourth-order valence-corrected chi connectivity index (χ4v) is 3.04. The highest BCUT2D eigenvalue weighted by Crippen LogP contribution is 2.20. The van der Waals surface area contributed by atoms with Crippen LogP contribution in [0.4, 0.5) is 0 Å². The van der Waals surface area contributed by atoms with Gasteiger partial charge in [0.1, 0.15) is 0 Å². The van der Waals surface area contributed by atoms with Crippen LogP contribution in [-0.2, 0) is 11.2 Å². The van der Waals surface area contributed by atoms with E-state index in [1.807, 2.05) is 59.7 Å². The first kappa shape index (κ1) is 20.1. The molecule has 0 saturated heterocycles. The Morgan fingerprint density at radius 3 is 2.34 bits per heavy atom. The Bertz CT molecular complexity index is 1020. The van der Waals surface area contributed by atoms with E-state index in [-0.39, 0.29) is 12.3 Å². The molecule has 3 rings (SSSR count). The van der Waals surface area contributed by atoms with E-state index in [9.17, 15) is 19.5 Å². The van der Waals surface area contributed by atoms with Gasteiger partial charge in [-0.15, -0.1) is 5.10 Å². The van der Waals surface area contributed by atoms with Crippen molar-refractivity contribution in [2.75, 3.05) is 0 Å². The van der Waals surface area contributed by atoms with Crippen molar-refractivity contribution in [3.8, 4) is 11.1 Å². The first-order valence-electron chi connectivity index (χ1n) is 9.16. The summed E-state index contributed by atoms with van der Waals surface area (Å²) in [5.41, 5.74) is 3.10. The largest absolute Gasteiger partial charge is 0.481 e. The predicted molar refractivity (Wildman–Crippen MR) is 105 cm³/mol. The fraction of sp³-hybridized carbons (Fsp3) is 0.238. The van der Waals surface area contributed by atoms with Gasteiger partial charge in [-0.2, -0.15) is 0 Å². The normalized spacial score (nSPS) is 12.9. The third kappa shape index (κ3) is 5.41. The predicted octanol–water partition coefficient (Wildman–Crippen LogP) is 2.48.